The zero-order valence-electron chi connectivity index (χ0n) is 16.2. The molecule has 0 spiro atoms. The van der Waals surface area contributed by atoms with Crippen LogP contribution in [-0.2, 0) is 14.3 Å². The van der Waals surface area contributed by atoms with Crippen LogP contribution in [0, 0.1) is 5.82 Å². The number of rotatable bonds is 6. The minimum absolute atomic E-state index is 0.230. The number of halogens is 1. The Hall–Kier alpha value is -3.35. The Morgan fingerprint density at radius 3 is 2.45 bits per heavy atom. The Labute approximate surface area is 169 Å². The van der Waals surface area contributed by atoms with Crippen LogP contribution in [0.4, 0.5) is 10.1 Å². The lowest BCUT2D eigenvalue weighted by atomic mass is 10.2. The number of nitrogens with zero attached hydrogens (tertiary/aromatic N) is 2. The summed E-state index contributed by atoms with van der Waals surface area (Å²) in [7, 11) is 1.63. The van der Waals surface area contributed by atoms with E-state index in [1.54, 1.807) is 24.1 Å². The number of carbonyl (C=O) groups is 2. The summed E-state index contributed by atoms with van der Waals surface area (Å²) in [4.78, 5) is 27.9. The molecule has 0 radical (unpaired) electrons. The van der Waals surface area contributed by atoms with Crippen molar-refractivity contribution < 1.29 is 23.5 Å². The van der Waals surface area contributed by atoms with E-state index in [4.69, 9.17) is 9.47 Å². The fraction of sp³-hybridized carbons (Fsp3) is 0.273. The molecule has 0 aromatic heterocycles. The van der Waals surface area contributed by atoms with Gasteiger partial charge >= 0.3 is 5.97 Å². The van der Waals surface area contributed by atoms with Gasteiger partial charge in [0.2, 0.25) is 0 Å². The van der Waals surface area contributed by atoms with Crippen molar-refractivity contribution in [1.29, 1.82) is 0 Å². The molecule has 1 fully saturated rings. The van der Waals surface area contributed by atoms with Crippen molar-refractivity contribution in [3.63, 3.8) is 0 Å². The molecule has 0 N–H and O–H groups in total. The molecule has 0 bridgehead atoms. The van der Waals surface area contributed by atoms with E-state index >= 15 is 0 Å². The Morgan fingerprint density at radius 1 is 1.07 bits per heavy atom. The molecular weight excluding hydrogens is 375 g/mol. The van der Waals surface area contributed by atoms with Crippen LogP contribution < -0.4 is 9.64 Å². The maximum atomic E-state index is 13.1. The SMILES string of the molecule is COc1ccc(N2CCN(C(=O)COC(=O)/C=C/c3cccc(F)c3)CC2)cc1. The van der Waals surface area contributed by atoms with Crippen molar-refractivity contribution >= 4 is 23.6 Å². The van der Waals surface area contributed by atoms with Crippen LogP contribution in [0.3, 0.4) is 0 Å². The first-order valence-corrected chi connectivity index (χ1v) is 9.32. The highest BCUT2D eigenvalue weighted by Gasteiger charge is 2.22. The highest BCUT2D eigenvalue weighted by molar-refractivity contribution is 5.89. The highest BCUT2D eigenvalue weighted by Crippen LogP contribution is 2.20. The van der Waals surface area contributed by atoms with E-state index in [-0.39, 0.29) is 18.3 Å². The Bertz CT molecular complexity index is 875. The summed E-state index contributed by atoms with van der Waals surface area (Å²) < 4.78 is 23.3. The van der Waals surface area contributed by atoms with Gasteiger partial charge in [0.05, 0.1) is 7.11 Å². The molecule has 1 heterocycles. The molecule has 152 valence electrons. The third-order valence-electron chi connectivity index (χ3n) is 4.67. The van der Waals surface area contributed by atoms with Crippen molar-refractivity contribution in [2.75, 3.05) is 44.8 Å². The number of ether oxygens (including phenoxy) is 2. The summed E-state index contributed by atoms with van der Waals surface area (Å²) in [5.74, 6) is -0.452. The zero-order valence-corrected chi connectivity index (χ0v) is 16.2. The van der Waals surface area contributed by atoms with Gasteiger partial charge in [0.15, 0.2) is 6.61 Å². The van der Waals surface area contributed by atoms with Gasteiger partial charge in [-0.25, -0.2) is 9.18 Å². The van der Waals surface area contributed by atoms with Crippen LogP contribution in [0.1, 0.15) is 5.56 Å². The van der Waals surface area contributed by atoms with Gasteiger partial charge in [-0.1, -0.05) is 12.1 Å². The molecule has 29 heavy (non-hydrogen) atoms. The van der Waals surface area contributed by atoms with Crippen LogP contribution in [-0.4, -0.2) is 56.7 Å². The van der Waals surface area contributed by atoms with Crippen molar-refractivity contribution in [2.45, 2.75) is 0 Å². The number of hydrogen-bond donors (Lipinski definition) is 0. The first-order valence-electron chi connectivity index (χ1n) is 9.32. The number of hydrogen-bond acceptors (Lipinski definition) is 5. The predicted molar refractivity (Wildman–Crippen MR) is 108 cm³/mol. The number of piperazine rings is 1. The predicted octanol–water partition coefficient (Wildman–Crippen LogP) is 2.74. The van der Waals surface area contributed by atoms with E-state index in [1.165, 1.54) is 24.3 Å². The zero-order chi connectivity index (χ0) is 20.6. The van der Waals surface area contributed by atoms with Gasteiger partial charge < -0.3 is 19.3 Å². The molecule has 2 aromatic carbocycles. The van der Waals surface area contributed by atoms with E-state index in [0.717, 1.165) is 11.4 Å². The molecule has 6 nitrogen and oxygen atoms in total. The van der Waals surface area contributed by atoms with E-state index in [1.807, 2.05) is 24.3 Å². The van der Waals surface area contributed by atoms with E-state index < -0.39 is 5.97 Å². The Kier molecular flexibility index (Phi) is 6.84. The van der Waals surface area contributed by atoms with Gasteiger partial charge in [-0.15, -0.1) is 0 Å². The van der Waals surface area contributed by atoms with Gasteiger partial charge in [0.1, 0.15) is 11.6 Å². The minimum Gasteiger partial charge on any atom is -0.497 e. The standard InChI is InChI=1S/C22H23FN2O4/c1-28-20-8-6-19(7-9-20)24-11-13-25(14-12-24)21(26)16-29-22(27)10-5-17-3-2-4-18(23)15-17/h2-10,15H,11-14,16H2,1H3/b10-5+. The monoisotopic (exact) mass is 398 g/mol. The van der Waals surface area contributed by atoms with Crippen LogP contribution >= 0.6 is 0 Å². The number of amides is 1. The van der Waals surface area contributed by atoms with Gasteiger partial charge in [-0.3, -0.25) is 4.79 Å². The smallest absolute Gasteiger partial charge is 0.331 e. The average molecular weight is 398 g/mol. The first kappa shape index (κ1) is 20.4. The van der Waals surface area contributed by atoms with Crippen molar-refractivity contribution in [2.24, 2.45) is 0 Å². The summed E-state index contributed by atoms with van der Waals surface area (Å²) in [6, 6.07) is 13.6. The van der Waals surface area contributed by atoms with Crippen LogP contribution in [0.25, 0.3) is 6.08 Å². The average Bonchev–Trinajstić information content (AvgIpc) is 2.76. The Balaban J connectivity index is 1.42. The van der Waals surface area contributed by atoms with E-state index in [0.29, 0.717) is 31.7 Å². The third kappa shape index (κ3) is 5.81. The van der Waals surface area contributed by atoms with Gasteiger partial charge in [-0.2, -0.15) is 0 Å². The molecular formula is C22H23FN2O4. The second kappa shape index (κ2) is 9.73. The third-order valence-corrected chi connectivity index (χ3v) is 4.67. The van der Waals surface area contributed by atoms with Crippen molar-refractivity contribution in [3.05, 3.63) is 66.0 Å². The van der Waals surface area contributed by atoms with Gasteiger partial charge in [0.25, 0.3) is 5.91 Å². The topological polar surface area (TPSA) is 59.1 Å². The number of anilines is 1. The number of esters is 1. The fourth-order valence-corrected chi connectivity index (χ4v) is 3.05. The summed E-state index contributed by atoms with van der Waals surface area (Å²) in [6.45, 7) is 2.20. The lowest BCUT2D eigenvalue weighted by molar-refractivity contribution is -0.148. The van der Waals surface area contributed by atoms with Crippen molar-refractivity contribution in [1.82, 2.24) is 4.90 Å². The van der Waals surface area contributed by atoms with Crippen LogP contribution in [0.2, 0.25) is 0 Å². The second-order valence-corrected chi connectivity index (χ2v) is 6.56. The molecule has 1 saturated heterocycles. The molecule has 3 rings (SSSR count). The molecule has 0 atom stereocenters. The second-order valence-electron chi connectivity index (χ2n) is 6.56. The first-order chi connectivity index (χ1) is 14.0. The molecule has 0 unspecified atom stereocenters. The fourth-order valence-electron chi connectivity index (χ4n) is 3.05. The molecule has 1 amide bonds. The lowest BCUT2D eigenvalue weighted by Gasteiger charge is -2.36. The van der Waals surface area contributed by atoms with Gasteiger partial charge in [0, 0.05) is 37.9 Å². The van der Waals surface area contributed by atoms with Gasteiger partial charge in [-0.05, 0) is 48.0 Å². The molecule has 1 aliphatic rings. The molecule has 2 aromatic rings. The Morgan fingerprint density at radius 2 is 1.79 bits per heavy atom. The molecule has 0 saturated carbocycles. The quantitative estimate of drug-likeness (QED) is 0.553. The highest BCUT2D eigenvalue weighted by atomic mass is 19.1. The molecule has 7 heteroatoms. The summed E-state index contributed by atoms with van der Waals surface area (Å²) in [5, 5.41) is 0. The summed E-state index contributed by atoms with van der Waals surface area (Å²) >= 11 is 0. The van der Waals surface area contributed by atoms with Crippen molar-refractivity contribution in [3.8, 4) is 5.75 Å². The van der Waals surface area contributed by atoms with Crippen LogP contribution in [0.5, 0.6) is 5.75 Å². The lowest BCUT2D eigenvalue weighted by Crippen LogP contribution is -2.49. The molecule has 1 aliphatic heterocycles. The number of benzene rings is 2. The largest absolute Gasteiger partial charge is 0.497 e. The van der Waals surface area contributed by atoms with Crippen LogP contribution in [0.15, 0.2) is 54.6 Å². The maximum Gasteiger partial charge on any atom is 0.331 e. The number of carbonyl (C=O) groups excluding carboxylic acids is 2. The normalized spacial score (nSPS) is 14.1. The summed E-state index contributed by atoms with van der Waals surface area (Å²) in [5.41, 5.74) is 1.62. The molecule has 0 aliphatic carbocycles. The maximum absolute atomic E-state index is 13.1. The minimum atomic E-state index is -0.639. The number of methoxy groups -OCH3 is 1. The van der Waals surface area contributed by atoms with E-state index in [9.17, 15) is 14.0 Å². The summed E-state index contributed by atoms with van der Waals surface area (Å²) in [6.07, 6.45) is 2.63. The van der Waals surface area contributed by atoms with E-state index in [2.05, 4.69) is 4.90 Å².